The lowest BCUT2D eigenvalue weighted by atomic mass is 10.3. The molecule has 3 heteroatoms. The Morgan fingerprint density at radius 2 is 2.21 bits per heavy atom. The molecule has 0 unspecified atom stereocenters. The van der Waals surface area contributed by atoms with E-state index in [9.17, 15) is 0 Å². The van der Waals surface area contributed by atoms with Crippen molar-refractivity contribution in [2.75, 3.05) is 11.5 Å². The Labute approximate surface area is 97.6 Å². The molecule has 0 saturated heterocycles. The summed E-state index contributed by atoms with van der Waals surface area (Å²) in [6.07, 6.45) is 4.26. The van der Waals surface area contributed by atoms with Crippen molar-refractivity contribution >= 4 is 33.4 Å². The third kappa shape index (κ3) is 2.92. The van der Waals surface area contributed by atoms with E-state index < -0.39 is 0 Å². The fraction of sp³-hybridized carbons (Fsp3) is 0.455. The van der Waals surface area contributed by atoms with Crippen LogP contribution in [0.1, 0.15) is 19.3 Å². The molecule has 14 heavy (non-hydrogen) atoms. The van der Waals surface area contributed by atoms with Gasteiger partial charge in [-0.25, -0.2) is 0 Å². The summed E-state index contributed by atoms with van der Waals surface area (Å²) < 4.78 is 1.12. The molecule has 1 saturated carbocycles. The van der Waals surface area contributed by atoms with Crippen LogP contribution in [0.4, 0.5) is 5.69 Å². The van der Waals surface area contributed by atoms with Crippen LogP contribution in [0.2, 0.25) is 0 Å². The van der Waals surface area contributed by atoms with E-state index in [-0.39, 0.29) is 0 Å². The van der Waals surface area contributed by atoms with Gasteiger partial charge in [-0.3, -0.25) is 0 Å². The maximum Gasteiger partial charge on any atom is 0.0331 e. The number of benzene rings is 1. The SMILES string of the molecule is Nc1ccc(SCCC2CC2)c(Br)c1. The normalized spacial score (nSPS) is 15.8. The minimum atomic E-state index is 0.823. The predicted octanol–water partition coefficient (Wildman–Crippen LogP) is 3.92. The highest BCUT2D eigenvalue weighted by atomic mass is 79.9. The first kappa shape index (κ1) is 10.4. The monoisotopic (exact) mass is 271 g/mol. The van der Waals surface area contributed by atoms with Gasteiger partial charge in [0.15, 0.2) is 0 Å². The van der Waals surface area contributed by atoms with Crippen molar-refractivity contribution in [3.05, 3.63) is 22.7 Å². The maximum atomic E-state index is 5.68. The van der Waals surface area contributed by atoms with Gasteiger partial charge in [-0.05, 0) is 52.2 Å². The molecule has 2 N–H and O–H groups in total. The largest absolute Gasteiger partial charge is 0.399 e. The van der Waals surface area contributed by atoms with E-state index in [1.54, 1.807) is 0 Å². The van der Waals surface area contributed by atoms with Crippen molar-refractivity contribution in [2.45, 2.75) is 24.2 Å². The molecular weight excluding hydrogens is 258 g/mol. The molecule has 1 aromatic rings. The smallest absolute Gasteiger partial charge is 0.0331 e. The van der Waals surface area contributed by atoms with Gasteiger partial charge in [-0.2, -0.15) is 0 Å². The van der Waals surface area contributed by atoms with Crippen molar-refractivity contribution in [1.29, 1.82) is 0 Å². The Balaban J connectivity index is 1.87. The zero-order valence-electron chi connectivity index (χ0n) is 8.00. The quantitative estimate of drug-likeness (QED) is 0.664. The van der Waals surface area contributed by atoms with Crippen LogP contribution in [0, 0.1) is 5.92 Å². The molecule has 0 bridgehead atoms. The van der Waals surface area contributed by atoms with Crippen molar-refractivity contribution < 1.29 is 0 Å². The zero-order chi connectivity index (χ0) is 9.97. The molecule has 0 atom stereocenters. The van der Waals surface area contributed by atoms with Crippen molar-refractivity contribution in [3.63, 3.8) is 0 Å². The first-order valence-electron chi connectivity index (χ1n) is 4.93. The fourth-order valence-electron chi connectivity index (χ4n) is 1.38. The van der Waals surface area contributed by atoms with Gasteiger partial charge < -0.3 is 5.73 Å². The second-order valence-corrected chi connectivity index (χ2v) is 5.76. The molecular formula is C11H14BrNS. The summed E-state index contributed by atoms with van der Waals surface area (Å²) in [5, 5.41) is 0. The lowest BCUT2D eigenvalue weighted by molar-refractivity contribution is 0.809. The Morgan fingerprint density at radius 1 is 1.43 bits per heavy atom. The number of thioether (sulfide) groups is 1. The van der Waals surface area contributed by atoms with Gasteiger partial charge in [-0.1, -0.05) is 12.8 Å². The Kier molecular flexibility index (Phi) is 3.39. The summed E-state index contributed by atoms with van der Waals surface area (Å²) in [7, 11) is 0. The van der Waals surface area contributed by atoms with E-state index in [0.29, 0.717) is 0 Å². The molecule has 76 valence electrons. The standard InChI is InChI=1S/C11H14BrNS/c12-10-7-9(13)3-4-11(10)14-6-5-8-1-2-8/h3-4,7-8H,1-2,5-6,13H2. The van der Waals surface area contributed by atoms with Crippen LogP contribution in [0.5, 0.6) is 0 Å². The van der Waals surface area contributed by atoms with Crippen molar-refractivity contribution in [2.24, 2.45) is 5.92 Å². The number of halogens is 1. The Bertz CT molecular complexity index is 323. The Morgan fingerprint density at radius 3 is 2.86 bits per heavy atom. The molecule has 0 spiro atoms. The molecule has 0 aromatic heterocycles. The van der Waals surface area contributed by atoms with E-state index in [4.69, 9.17) is 5.73 Å². The number of nitrogen functional groups attached to an aromatic ring is 1. The minimum absolute atomic E-state index is 0.823. The second kappa shape index (κ2) is 4.58. The third-order valence-electron chi connectivity index (χ3n) is 2.44. The minimum Gasteiger partial charge on any atom is -0.399 e. The molecule has 1 nitrogen and oxygen atoms in total. The number of nitrogens with two attached hydrogens (primary N) is 1. The average Bonchev–Trinajstić information content (AvgIpc) is 2.92. The van der Waals surface area contributed by atoms with Gasteiger partial charge >= 0.3 is 0 Å². The summed E-state index contributed by atoms with van der Waals surface area (Å²) in [5.41, 5.74) is 6.50. The van der Waals surface area contributed by atoms with E-state index in [0.717, 1.165) is 16.1 Å². The lowest BCUT2D eigenvalue weighted by Gasteiger charge is -2.04. The highest BCUT2D eigenvalue weighted by Crippen LogP contribution is 2.36. The molecule has 2 rings (SSSR count). The van der Waals surface area contributed by atoms with Crippen LogP contribution >= 0.6 is 27.7 Å². The van der Waals surface area contributed by atoms with Gasteiger partial charge in [0, 0.05) is 15.1 Å². The summed E-state index contributed by atoms with van der Waals surface area (Å²) in [6.45, 7) is 0. The number of rotatable bonds is 4. The molecule has 1 aromatic carbocycles. The van der Waals surface area contributed by atoms with Gasteiger partial charge in [0.05, 0.1) is 0 Å². The molecule has 0 amide bonds. The predicted molar refractivity (Wildman–Crippen MR) is 66.6 cm³/mol. The van der Waals surface area contributed by atoms with Crippen molar-refractivity contribution in [3.8, 4) is 0 Å². The van der Waals surface area contributed by atoms with Crippen LogP contribution in [0.15, 0.2) is 27.6 Å². The van der Waals surface area contributed by atoms with Crippen molar-refractivity contribution in [1.82, 2.24) is 0 Å². The maximum absolute atomic E-state index is 5.68. The summed E-state index contributed by atoms with van der Waals surface area (Å²) in [4.78, 5) is 1.31. The van der Waals surface area contributed by atoms with Crippen LogP contribution in [-0.4, -0.2) is 5.75 Å². The van der Waals surface area contributed by atoms with Crippen LogP contribution in [0.3, 0.4) is 0 Å². The van der Waals surface area contributed by atoms with Gasteiger partial charge in [-0.15, -0.1) is 11.8 Å². The number of hydrogen-bond donors (Lipinski definition) is 1. The zero-order valence-corrected chi connectivity index (χ0v) is 10.4. The van der Waals surface area contributed by atoms with E-state index in [2.05, 4.69) is 22.0 Å². The van der Waals surface area contributed by atoms with Crippen LogP contribution in [-0.2, 0) is 0 Å². The summed E-state index contributed by atoms with van der Waals surface area (Å²) >= 11 is 5.45. The van der Waals surface area contributed by atoms with E-state index >= 15 is 0 Å². The van der Waals surface area contributed by atoms with Gasteiger partial charge in [0.1, 0.15) is 0 Å². The van der Waals surface area contributed by atoms with E-state index in [1.807, 2.05) is 23.9 Å². The van der Waals surface area contributed by atoms with E-state index in [1.165, 1.54) is 29.9 Å². The molecule has 1 fully saturated rings. The first-order valence-corrected chi connectivity index (χ1v) is 6.71. The first-order chi connectivity index (χ1) is 6.75. The van der Waals surface area contributed by atoms with Gasteiger partial charge in [0.2, 0.25) is 0 Å². The van der Waals surface area contributed by atoms with Crippen LogP contribution < -0.4 is 5.73 Å². The Hall–Kier alpha value is -0.150. The number of hydrogen-bond acceptors (Lipinski definition) is 2. The highest BCUT2D eigenvalue weighted by Gasteiger charge is 2.20. The highest BCUT2D eigenvalue weighted by molar-refractivity contribution is 9.10. The molecule has 1 aliphatic rings. The summed E-state index contributed by atoms with van der Waals surface area (Å²) in [5.74, 6) is 2.25. The fourth-order valence-corrected chi connectivity index (χ4v) is 3.15. The molecule has 0 radical (unpaired) electrons. The molecule has 0 aliphatic heterocycles. The average molecular weight is 272 g/mol. The molecule has 1 aliphatic carbocycles. The topological polar surface area (TPSA) is 26.0 Å². The number of anilines is 1. The lowest BCUT2D eigenvalue weighted by Crippen LogP contribution is -1.86. The molecule has 0 heterocycles. The van der Waals surface area contributed by atoms with Gasteiger partial charge in [0.25, 0.3) is 0 Å². The third-order valence-corrected chi connectivity index (χ3v) is 4.46. The second-order valence-electron chi connectivity index (χ2n) is 3.77. The summed E-state index contributed by atoms with van der Waals surface area (Å²) in [6, 6.07) is 6.03. The van der Waals surface area contributed by atoms with Crippen LogP contribution in [0.25, 0.3) is 0 Å².